The van der Waals surface area contributed by atoms with Gasteiger partial charge in [0, 0.05) is 31.2 Å². The Morgan fingerprint density at radius 2 is 1.44 bits per heavy atom. The highest BCUT2D eigenvalue weighted by atomic mass is 127. The van der Waals surface area contributed by atoms with Crippen molar-refractivity contribution >= 4 is 31.4 Å². The molecule has 2 rings (SSSR count). The molecule has 1 aromatic carbocycles. The quantitative estimate of drug-likeness (QED) is 0.159. The Kier molecular flexibility index (Phi) is 10.3. The zero-order chi connectivity index (χ0) is 20.2. The molecule has 9 nitrogen and oxygen atoms in total. The number of halogens is 1. The Morgan fingerprint density at radius 3 is 1.74 bits per heavy atom. The van der Waals surface area contributed by atoms with Crippen LogP contribution in [0.15, 0.2) is 36.7 Å². The molecule has 156 valence electrons. The van der Waals surface area contributed by atoms with E-state index in [1.54, 1.807) is 43.9 Å². The van der Waals surface area contributed by atoms with E-state index in [-0.39, 0.29) is 29.2 Å². The highest BCUT2D eigenvalue weighted by molar-refractivity contribution is 6.77. The molecular weight excluding hydrogens is 519 g/mol. The molecule has 1 aromatic rings. The molecule has 0 aromatic heterocycles. The molecule has 1 aliphatic heterocycles. The van der Waals surface area contributed by atoms with Crippen molar-refractivity contribution in [2.24, 2.45) is 0 Å². The molecule has 0 unspecified atom stereocenters. The maximum atomic E-state index is 9.12. The summed E-state index contributed by atoms with van der Waals surface area (Å²) in [6, 6.07) is 6.72. The summed E-state index contributed by atoms with van der Waals surface area (Å²) >= 11 is 0. The zero-order valence-electron chi connectivity index (χ0n) is 15.7. The molecule has 0 spiro atoms. The first-order valence-corrected chi connectivity index (χ1v) is 14.9. The Bertz CT molecular complexity index is 589. The third-order valence-electron chi connectivity index (χ3n) is 3.11. The van der Waals surface area contributed by atoms with Gasteiger partial charge in [0.05, 0.1) is 6.67 Å². The number of nitrogens with zero attached hydrogens (tertiary/aromatic N) is 2. The Balaban J connectivity index is 0.000000584. The molecule has 27 heavy (non-hydrogen) atoms. The van der Waals surface area contributed by atoms with Gasteiger partial charge in [-0.05, 0) is 25.2 Å². The molecule has 0 aliphatic carbocycles. The maximum absolute atomic E-state index is 9.12. The van der Waals surface area contributed by atoms with E-state index in [1.807, 2.05) is 19.4 Å². The molecular formula is C14H28IN2O7Si3-. The maximum Gasteiger partial charge on any atom is 0.660 e. The van der Waals surface area contributed by atoms with Gasteiger partial charge in [-0.3, -0.25) is 0 Å². The van der Waals surface area contributed by atoms with E-state index in [9.17, 15) is 0 Å². The van der Waals surface area contributed by atoms with E-state index in [0.29, 0.717) is 0 Å². The van der Waals surface area contributed by atoms with Crippen LogP contribution in [0.5, 0.6) is 0 Å². The van der Waals surface area contributed by atoms with Crippen LogP contribution in [-0.4, -0.2) is 78.5 Å². The third kappa shape index (κ3) is 12.0. The lowest BCUT2D eigenvalue weighted by atomic mass is 10.2. The minimum absolute atomic E-state index is 0. The highest BCUT2D eigenvalue weighted by Gasteiger charge is 2.36. The molecule has 0 amide bonds. The van der Waals surface area contributed by atoms with Gasteiger partial charge in [-0.25, -0.2) is 0 Å². The van der Waals surface area contributed by atoms with Crippen LogP contribution >= 0.6 is 0 Å². The average molecular weight is 548 g/mol. The van der Waals surface area contributed by atoms with Crippen molar-refractivity contribution in [1.82, 2.24) is 9.80 Å². The molecule has 0 saturated carbocycles. The number of hydrogen-bond donors (Lipinski definition) is 6. The van der Waals surface area contributed by atoms with Crippen molar-refractivity contribution in [3.05, 3.63) is 42.2 Å². The summed E-state index contributed by atoms with van der Waals surface area (Å²) in [6.45, 7) is 6.89. The first-order valence-electron chi connectivity index (χ1n) is 7.92. The lowest BCUT2D eigenvalue weighted by Gasteiger charge is -2.20. The molecule has 0 saturated heterocycles. The molecule has 1 heterocycles. The van der Waals surface area contributed by atoms with E-state index in [2.05, 4.69) is 13.9 Å². The van der Waals surface area contributed by atoms with Crippen LogP contribution < -0.4 is 29.2 Å². The molecule has 0 bridgehead atoms. The van der Waals surface area contributed by atoms with Gasteiger partial charge in [0.25, 0.3) is 0 Å². The van der Waals surface area contributed by atoms with E-state index >= 15 is 0 Å². The van der Waals surface area contributed by atoms with Gasteiger partial charge in [-0.1, -0.05) is 24.3 Å². The van der Waals surface area contributed by atoms with Gasteiger partial charge >= 0.3 is 17.9 Å². The molecule has 0 fully saturated rings. The van der Waals surface area contributed by atoms with Gasteiger partial charge in [-0.15, -0.1) is 0 Å². The lowest BCUT2D eigenvalue weighted by molar-refractivity contribution is -0.0000307. The molecule has 0 radical (unpaired) electrons. The predicted octanol–water partition coefficient (Wildman–Crippen LogP) is -4.76. The SMILES string of the molecule is CN1C=CN(Cc2ccc([Si](O)(O)O)cc2)C1.C[Si](C)(C)O[Si](O)(O)O.[I-]. The minimum Gasteiger partial charge on any atom is -1.00 e. The van der Waals surface area contributed by atoms with E-state index in [0.717, 1.165) is 18.8 Å². The molecule has 6 N–H and O–H groups in total. The third-order valence-corrected chi connectivity index (χ3v) is 7.76. The average Bonchev–Trinajstić information content (AvgIpc) is 2.80. The van der Waals surface area contributed by atoms with Crippen LogP contribution in [-0.2, 0) is 10.7 Å². The van der Waals surface area contributed by atoms with Crippen LogP contribution in [0.4, 0.5) is 0 Å². The second-order valence-corrected chi connectivity index (χ2v) is 15.1. The summed E-state index contributed by atoms with van der Waals surface area (Å²) in [7, 11) is -8.36. The van der Waals surface area contributed by atoms with Crippen molar-refractivity contribution in [2.45, 2.75) is 26.2 Å². The summed E-state index contributed by atoms with van der Waals surface area (Å²) in [5, 5.41) is 0.204. The minimum atomic E-state index is -4.23. The fourth-order valence-corrected chi connectivity index (χ4v) is 6.07. The van der Waals surface area contributed by atoms with E-state index < -0.39 is 26.2 Å². The molecule has 13 heteroatoms. The van der Waals surface area contributed by atoms with Crippen LogP contribution in [0.1, 0.15) is 5.56 Å². The van der Waals surface area contributed by atoms with Crippen molar-refractivity contribution in [1.29, 1.82) is 0 Å². The Morgan fingerprint density at radius 1 is 0.926 bits per heavy atom. The van der Waals surface area contributed by atoms with E-state index in [4.69, 9.17) is 28.8 Å². The normalized spacial score (nSPS) is 14.6. The van der Waals surface area contributed by atoms with Gasteiger partial charge in [0.2, 0.25) is 0 Å². The monoisotopic (exact) mass is 547 g/mol. The second kappa shape index (κ2) is 10.4. The summed E-state index contributed by atoms with van der Waals surface area (Å²) < 4.78 is 4.57. The zero-order valence-corrected chi connectivity index (χ0v) is 20.9. The van der Waals surface area contributed by atoms with Crippen LogP contribution in [0.3, 0.4) is 0 Å². The van der Waals surface area contributed by atoms with E-state index in [1.165, 1.54) is 0 Å². The highest BCUT2D eigenvalue weighted by Crippen LogP contribution is 2.10. The standard InChI is InChI=1S/C11H16N2O3Si.C3H12O4Si2.HI/c1-12-6-7-13(9-12)8-10-2-4-11(5-3-10)17(14,15)16;1-8(2,3)7-9(4,5)6;/h2-7,14-16H,8-9H2,1H3;4-6H,1-3H3;1H/p-1. The van der Waals surface area contributed by atoms with Crippen molar-refractivity contribution in [3.8, 4) is 0 Å². The van der Waals surface area contributed by atoms with Crippen LogP contribution in [0, 0.1) is 0 Å². The van der Waals surface area contributed by atoms with Gasteiger partial charge in [0.1, 0.15) is 0 Å². The molecule has 0 atom stereocenters. The largest absolute Gasteiger partial charge is 1.00 e. The first-order chi connectivity index (χ1) is 11.7. The summed E-state index contributed by atoms with van der Waals surface area (Å²) in [4.78, 5) is 56.8. The summed E-state index contributed by atoms with van der Waals surface area (Å²) in [5.74, 6) is 0. The summed E-state index contributed by atoms with van der Waals surface area (Å²) in [6.07, 6.45) is 4.01. The van der Waals surface area contributed by atoms with Crippen LogP contribution in [0.2, 0.25) is 19.6 Å². The topological polar surface area (TPSA) is 137 Å². The second-order valence-electron chi connectivity index (χ2n) is 7.06. The number of hydrogen-bond acceptors (Lipinski definition) is 9. The Hall–Kier alpha value is -0.339. The summed E-state index contributed by atoms with van der Waals surface area (Å²) in [5.41, 5.74) is 1.06. The van der Waals surface area contributed by atoms with Gasteiger partial charge < -0.3 is 66.7 Å². The number of benzene rings is 1. The predicted molar refractivity (Wildman–Crippen MR) is 103 cm³/mol. The van der Waals surface area contributed by atoms with Crippen molar-refractivity contribution in [2.75, 3.05) is 13.7 Å². The smallest absolute Gasteiger partial charge is 0.660 e. The lowest BCUT2D eigenvalue weighted by Crippen LogP contribution is -3.00. The fraction of sp³-hybridized carbons (Fsp3) is 0.429. The fourth-order valence-electron chi connectivity index (χ4n) is 2.17. The first kappa shape index (κ1) is 26.7. The van der Waals surface area contributed by atoms with Crippen molar-refractivity contribution < 1.29 is 56.9 Å². The number of rotatable bonds is 5. The van der Waals surface area contributed by atoms with Crippen LogP contribution in [0.25, 0.3) is 0 Å². The van der Waals surface area contributed by atoms with Gasteiger partial charge in [0.15, 0.2) is 8.32 Å². The van der Waals surface area contributed by atoms with Gasteiger partial charge in [-0.2, -0.15) is 0 Å². The van der Waals surface area contributed by atoms with Crippen molar-refractivity contribution in [3.63, 3.8) is 0 Å². The molecule has 1 aliphatic rings. The Labute approximate surface area is 179 Å².